The molecule has 1 unspecified atom stereocenters. The lowest BCUT2D eigenvalue weighted by atomic mass is 10.1. The Hall–Kier alpha value is -2.24. The molecule has 1 atom stereocenters. The van der Waals surface area contributed by atoms with Gasteiger partial charge in [-0.1, -0.05) is 26.7 Å². The van der Waals surface area contributed by atoms with Crippen molar-refractivity contribution < 1.29 is 24.2 Å². The van der Waals surface area contributed by atoms with Crippen molar-refractivity contribution in [3.05, 3.63) is 23.8 Å². The maximum Gasteiger partial charge on any atom is 0.326 e. The van der Waals surface area contributed by atoms with E-state index in [0.29, 0.717) is 30.1 Å². The molecule has 1 amide bonds. The molecule has 6 heteroatoms. The molecular formula is C17H25NO5. The highest BCUT2D eigenvalue weighted by molar-refractivity contribution is 5.99. The molecule has 0 saturated heterocycles. The monoisotopic (exact) mass is 323 g/mol. The molecule has 0 heterocycles. The van der Waals surface area contributed by atoms with Gasteiger partial charge in [0.25, 0.3) is 5.91 Å². The first-order chi connectivity index (χ1) is 11.0. The Kier molecular flexibility index (Phi) is 7.94. The average molecular weight is 323 g/mol. The number of hydrogen-bond acceptors (Lipinski definition) is 4. The topological polar surface area (TPSA) is 84.9 Å². The summed E-state index contributed by atoms with van der Waals surface area (Å²) in [6.07, 6.45) is 2.80. The van der Waals surface area contributed by atoms with Crippen LogP contribution in [0.15, 0.2) is 18.2 Å². The molecule has 2 N–H and O–H groups in total. The van der Waals surface area contributed by atoms with E-state index < -0.39 is 17.9 Å². The molecule has 0 fully saturated rings. The van der Waals surface area contributed by atoms with Gasteiger partial charge in [0.2, 0.25) is 0 Å². The summed E-state index contributed by atoms with van der Waals surface area (Å²) in [6, 6.07) is 3.96. The first kappa shape index (κ1) is 18.8. The quantitative estimate of drug-likeness (QED) is 0.691. The molecule has 1 aromatic carbocycles. The third-order valence-electron chi connectivity index (χ3n) is 3.34. The second-order valence-electron chi connectivity index (χ2n) is 5.22. The van der Waals surface area contributed by atoms with Crippen LogP contribution in [0, 0.1) is 0 Å². The summed E-state index contributed by atoms with van der Waals surface area (Å²) in [4.78, 5) is 23.7. The maximum absolute atomic E-state index is 12.4. The molecular weight excluding hydrogens is 298 g/mol. The number of ether oxygens (including phenoxy) is 2. The number of unbranched alkanes of at least 4 members (excludes halogenated alkanes) is 1. The number of carboxylic acid groups (broad SMARTS) is 1. The summed E-state index contributed by atoms with van der Waals surface area (Å²) in [5, 5.41) is 11.8. The zero-order valence-corrected chi connectivity index (χ0v) is 13.9. The lowest BCUT2D eigenvalue weighted by Crippen LogP contribution is -2.40. The van der Waals surface area contributed by atoms with Crippen molar-refractivity contribution in [2.45, 2.75) is 45.6 Å². The third-order valence-corrected chi connectivity index (χ3v) is 3.34. The number of carboxylic acids is 1. The van der Waals surface area contributed by atoms with Crippen molar-refractivity contribution >= 4 is 11.9 Å². The largest absolute Gasteiger partial charge is 0.497 e. The van der Waals surface area contributed by atoms with Gasteiger partial charge >= 0.3 is 5.97 Å². The van der Waals surface area contributed by atoms with Crippen molar-refractivity contribution in [2.24, 2.45) is 0 Å². The maximum atomic E-state index is 12.4. The number of aliphatic carboxylic acids is 1. The SMILES string of the molecule is CCCCC(NC(=O)c1ccc(OC)cc1OCCC)C(=O)O. The van der Waals surface area contributed by atoms with E-state index >= 15 is 0 Å². The number of benzene rings is 1. The van der Waals surface area contributed by atoms with Crippen LogP contribution in [0.25, 0.3) is 0 Å². The van der Waals surface area contributed by atoms with Crippen LogP contribution in [0.3, 0.4) is 0 Å². The van der Waals surface area contributed by atoms with Gasteiger partial charge in [0.1, 0.15) is 17.5 Å². The minimum atomic E-state index is -1.03. The third kappa shape index (κ3) is 5.81. The van der Waals surface area contributed by atoms with Gasteiger partial charge in [-0.2, -0.15) is 0 Å². The number of nitrogens with one attached hydrogen (secondary N) is 1. The predicted octanol–water partition coefficient (Wildman–Crippen LogP) is 2.86. The van der Waals surface area contributed by atoms with Crippen molar-refractivity contribution in [2.75, 3.05) is 13.7 Å². The lowest BCUT2D eigenvalue weighted by molar-refractivity contribution is -0.139. The Balaban J connectivity index is 2.93. The number of amides is 1. The summed E-state index contributed by atoms with van der Waals surface area (Å²) in [7, 11) is 1.53. The fraction of sp³-hybridized carbons (Fsp3) is 0.529. The zero-order chi connectivity index (χ0) is 17.2. The van der Waals surface area contributed by atoms with E-state index in [9.17, 15) is 14.7 Å². The van der Waals surface area contributed by atoms with Crippen LogP contribution in [-0.2, 0) is 4.79 Å². The average Bonchev–Trinajstić information content (AvgIpc) is 2.55. The lowest BCUT2D eigenvalue weighted by Gasteiger charge is -2.16. The van der Waals surface area contributed by atoms with Crippen LogP contribution in [-0.4, -0.2) is 36.7 Å². The van der Waals surface area contributed by atoms with E-state index in [-0.39, 0.29) is 0 Å². The molecule has 6 nitrogen and oxygen atoms in total. The molecule has 0 radical (unpaired) electrons. The van der Waals surface area contributed by atoms with E-state index in [1.165, 1.54) is 7.11 Å². The molecule has 1 aromatic rings. The standard InChI is InChI=1S/C17H25NO5/c1-4-6-7-14(17(20)21)18-16(19)13-9-8-12(22-3)11-15(13)23-10-5-2/h8-9,11,14H,4-7,10H2,1-3H3,(H,18,19)(H,20,21). The Morgan fingerprint density at radius 3 is 2.57 bits per heavy atom. The minimum Gasteiger partial charge on any atom is -0.497 e. The van der Waals surface area contributed by atoms with Gasteiger partial charge in [0.05, 0.1) is 19.3 Å². The second-order valence-corrected chi connectivity index (χ2v) is 5.22. The Morgan fingerprint density at radius 1 is 1.26 bits per heavy atom. The van der Waals surface area contributed by atoms with Gasteiger partial charge in [-0.15, -0.1) is 0 Å². The van der Waals surface area contributed by atoms with Gasteiger partial charge in [-0.05, 0) is 25.0 Å². The first-order valence-corrected chi connectivity index (χ1v) is 7.87. The van der Waals surface area contributed by atoms with Crippen LogP contribution >= 0.6 is 0 Å². The number of methoxy groups -OCH3 is 1. The van der Waals surface area contributed by atoms with Crippen LogP contribution in [0.4, 0.5) is 0 Å². The molecule has 0 spiro atoms. The van der Waals surface area contributed by atoms with Crippen LogP contribution in [0.1, 0.15) is 49.9 Å². The van der Waals surface area contributed by atoms with Crippen LogP contribution in [0.5, 0.6) is 11.5 Å². The fourth-order valence-corrected chi connectivity index (χ4v) is 2.05. The van der Waals surface area contributed by atoms with Gasteiger partial charge in [0.15, 0.2) is 0 Å². The normalized spacial score (nSPS) is 11.6. The van der Waals surface area contributed by atoms with E-state index in [1.807, 2.05) is 13.8 Å². The zero-order valence-electron chi connectivity index (χ0n) is 13.9. The van der Waals surface area contributed by atoms with Crippen LogP contribution in [0.2, 0.25) is 0 Å². The van der Waals surface area contributed by atoms with Gasteiger partial charge < -0.3 is 19.9 Å². The summed E-state index contributed by atoms with van der Waals surface area (Å²) >= 11 is 0. The van der Waals surface area contributed by atoms with Gasteiger partial charge in [0, 0.05) is 6.07 Å². The summed E-state index contributed by atoms with van der Waals surface area (Å²) in [6.45, 7) is 4.40. The highest BCUT2D eigenvalue weighted by atomic mass is 16.5. The van der Waals surface area contributed by atoms with Crippen LogP contribution < -0.4 is 14.8 Å². The highest BCUT2D eigenvalue weighted by Gasteiger charge is 2.22. The summed E-state index contributed by atoms with van der Waals surface area (Å²) < 4.78 is 10.7. The van der Waals surface area contributed by atoms with E-state index in [1.54, 1.807) is 18.2 Å². The predicted molar refractivity (Wildman–Crippen MR) is 87.2 cm³/mol. The summed E-state index contributed by atoms with van der Waals surface area (Å²) in [5.41, 5.74) is 0.307. The second kappa shape index (κ2) is 9.71. The van der Waals surface area contributed by atoms with E-state index in [2.05, 4.69) is 5.32 Å². The number of rotatable bonds is 10. The minimum absolute atomic E-state index is 0.307. The molecule has 0 aliphatic heterocycles. The van der Waals surface area contributed by atoms with Crippen molar-refractivity contribution in [3.63, 3.8) is 0 Å². The number of hydrogen-bond donors (Lipinski definition) is 2. The Labute approximate surface area is 136 Å². The molecule has 23 heavy (non-hydrogen) atoms. The molecule has 0 aliphatic rings. The summed E-state index contributed by atoms with van der Waals surface area (Å²) in [5.74, 6) is -0.518. The molecule has 0 aliphatic carbocycles. The smallest absolute Gasteiger partial charge is 0.326 e. The van der Waals surface area contributed by atoms with Crippen molar-refractivity contribution in [1.29, 1.82) is 0 Å². The van der Waals surface area contributed by atoms with E-state index in [4.69, 9.17) is 9.47 Å². The number of carbonyl (C=O) groups excluding carboxylic acids is 1. The molecule has 0 saturated carbocycles. The van der Waals surface area contributed by atoms with Crippen molar-refractivity contribution in [1.82, 2.24) is 5.32 Å². The fourth-order valence-electron chi connectivity index (χ4n) is 2.05. The number of carbonyl (C=O) groups is 2. The first-order valence-electron chi connectivity index (χ1n) is 7.87. The van der Waals surface area contributed by atoms with Gasteiger partial charge in [-0.25, -0.2) is 4.79 Å². The van der Waals surface area contributed by atoms with Crippen molar-refractivity contribution in [3.8, 4) is 11.5 Å². The molecule has 1 rings (SSSR count). The molecule has 0 bridgehead atoms. The molecule has 128 valence electrons. The van der Waals surface area contributed by atoms with E-state index in [0.717, 1.165) is 19.3 Å². The van der Waals surface area contributed by atoms with Gasteiger partial charge in [-0.3, -0.25) is 4.79 Å². The Bertz CT molecular complexity index is 530. The highest BCUT2D eigenvalue weighted by Crippen LogP contribution is 2.25. The molecule has 0 aromatic heterocycles. The Morgan fingerprint density at radius 2 is 2.00 bits per heavy atom.